The maximum Gasteiger partial charge on any atom is 0.310 e. The van der Waals surface area contributed by atoms with Crippen LogP contribution < -0.4 is 5.32 Å². The molecule has 0 saturated heterocycles. The van der Waals surface area contributed by atoms with Gasteiger partial charge in [0.1, 0.15) is 0 Å². The highest BCUT2D eigenvalue weighted by Gasteiger charge is 2.19. The van der Waals surface area contributed by atoms with Crippen molar-refractivity contribution < 1.29 is 24.6 Å². The van der Waals surface area contributed by atoms with Gasteiger partial charge in [-0.05, 0) is 61.9 Å². The fourth-order valence-electron chi connectivity index (χ4n) is 4.10. The lowest BCUT2D eigenvalue weighted by atomic mass is 9.83. The smallest absolute Gasteiger partial charge is 0.310 e. The molecule has 6 nitrogen and oxygen atoms in total. The van der Waals surface area contributed by atoms with E-state index >= 15 is 0 Å². The molecule has 1 aliphatic rings. The molecular formula is C29H36ClNO5. The monoisotopic (exact) mass is 513 g/mol. The van der Waals surface area contributed by atoms with Gasteiger partial charge < -0.3 is 15.5 Å². The number of carboxylic acids is 2. The summed E-state index contributed by atoms with van der Waals surface area (Å²) in [6, 6.07) is 12.8. The molecule has 3 rings (SSSR count). The number of carbonyl (C=O) groups excluding carboxylic acids is 1. The fraction of sp³-hybridized carbons (Fsp3) is 0.414. The molecule has 1 saturated carbocycles. The molecule has 1 unspecified atom stereocenters. The zero-order valence-electron chi connectivity index (χ0n) is 21.1. The third kappa shape index (κ3) is 9.50. The van der Waals surface area contributed by atoms with Gasteiger partial charge in [-0.1, -0.05) is 67.3 Å². The molecule has 7 heteroatoms. The van der Waals surface area contributed by atoms with E-state index in [1.54, 1.807) is 19.1 Å². The lowest BCUT2D eigenvalue weighted by molar-refractivity contribution is -0.138. The van der Waals surface area contributed by atoms with Crippen LogP contribution in [0.1, 0.15) is 92.1 Å². The van der Waals surface area contributed by atoms with E-state index in [1.807, 2.05) is 37.3 Å². The van der Waals surface area contributed by atoms with Gasteiger partial charge in [0, 0.05) is 29.2 Å². The Labute approximate surface area is 218 Å². The number of benzene rings is 2. The van der Waals surface area contributed by atoms with Gasteiger partial charge in [-0.15, -0.1) is 0 Å². The van der Waals surface area contributed by atoms with E-state index in [0.29, 0.717) is 16.5 Å². The summed E-state index contributed by atoms with van der Waals surface area (Å²) in [7, 11) is 0. The first-order valence-electron chi connectivity index (χ1n) is 12.3. The summed E-state index contributed by atoms with van der Waals surface area (Å²) in [5, 5.41) is 21.3. The molecule has 2 aromatic rings. The van der Waals surface area contributed by atoms with Crippen LogP contribution in [0.3, 0.4) is 0 Å². The molecule has 3 N–H and O–H groups in total. The Hall–Kier alpha value is -3.12. The second-order valence-electron chi connectivity index (χ2n) is 9.38. The molecule has 1 atom stereocenters. The van der Waals surface area contributed by atoms with Crippen LogP contribution >= 0.6 is 11.6 Å². The van der Waals surface area contributed by atoms with Crippen molar-refractivity contribution in [2.45, 2.75) is 70.6 Å². The van der Waals surface area contributed by atoms with Crippen LogP contribution in [0.5, 0.6) is 0 Å². The van der Waals surface area contributed by atoms with Crippen molar-refractivity contribution >= 4 is 35.0 Å². The molecule has 2 aromatic carbocycles. The van der Waals surface area contributed by atoms with Gasteiger partial charge in [0.2, 0.25) is 0 Å². The first kappa shape index (κ1) is 29.1. The molecule has 0 heterocycles. The number of Topliss-reactive ketones (excluding diaryl/α,β-unsaturated/α-hetero) is 1. The van der Waals surface area contributed by atoms with Crippen LogP contribution in [0.4, 0.5) is 5.69 Å². The Morgan fingerprint density at radius 1 is 1.03 bits per heavy atom. The van der Waals surface area contributed by atoms with Crippen molar-refractivity contribution in [2.75, 3.05) is 11.9 Å². The number of hydrogen-bond acceptors (Lipinski definition) is 4. The standard InChI is InChI=1S/C16H19ClO3.C13H17NO2/c17-14-10-12(15(18)8-9-16(19)20)6-7-13(14)11-4-2-1-3-5-11;1-9(2)8-14-12-6-4-11(5-7-12)10(3)13(15)16/h6-7,10-11H,1-5,8-9H2,(H,19,20);4-7,10,14H,1,8H2,2-3H3,(H,15,16). The number of aliphatic carboxylic acids is 2. The number of carboxylic acid groups (broad SMARTS) is 2. The minimum absolute atomic E-state index is 0.0223. The van der Waals surface area contributed by atoms with E-state index < -0.39 is 17.9 Å². The molecule has 0 radical (unpaired) electrons. The van der Waals surface area contributed by atoms with Crippen LogP contribution in [-0.2, 0) is 9.59 Å². The molecule has 36 heavy (non-hydrogen) atoms. The predicted octanol–water partition coefficient (Wildman–Crippen LogP) is 7.30. The summed E-state index contributed by atoms with van der Waals surface area (Å²) in [5.74, 6) is -1.88. The van der Waals surface area contributed by atoms with Gasteiger partial charge in [-0.3, -0.25) is 14.4 Å². The summed E-state index contributed by atoms with van der Waals surface area (Å²) < 4.78 is 0. The Morgan fingerprint density at radius 2 is 1.67 bits per heavy atom. The number of ketones is 1. The van der Waals surface area contributed by atoms with E-state index in [0.717, 1.165) is 41.8 Å². The second kappa shape index (κ2) is 14.4. The third-order valence-corrected chi connectivity index (χ3v) is 6.64. The number of anilines is 1. The fourth-order valence-corrected chi connectivity index (χ4v) is 4.43. The molecule has 0 spiro atoms. The highest BCUT2D eigenvalue weighted by Crippen LogP contribution is 2.36. The summed E-state index contributed by atoms with van der Waals surface area (Å²) in [5.41, 5.74) is 4.48. The van der Waals surface area contributed by atoms with Crippen molar-refractivity contribution in [3.8, 4) is 0 Å². The van der Waals surface area contributed by atoms with Crippen LogP contribution in [-0.4, -0.2) is 34.5 Å². The summed E-state index contributed by atoms with van der Waals surface area (Å²) in [6.07, 6.45) is 5.97. The number of hydrogen-bond donors (Lipinski definition) is 3. The SMILES string of the molecule is C=C(C)CNc1ccc(C(C)C(=O)O)cc1.O=C(O)CCC(=O)c1ccc(C2CCCCC2)c(Cl)c1. The topological polar surface area (TPSA) is 104 Å². The molecule has 0 aromatic heterocycles. The van der Waals surface area contributed by atoms with Gasteiger partial charge in [0.25, 0.3) is 0 Å². The third-order valence-electron chi connectivity index (χ3n) is 6.31. The summed E-state index contributed by atoms with van der Waals surface area (Å²) >= 11 is 6.30. The lowest BCUT2D eigenvalue weighted by Gasteiger charge is -2.23. The quantitative estimate of drug-likeness (QED) is 0.227. The highest BCUT2D eigenvalue weighted by atomic mass is 35.5. The van der Waals surface area contributed by atoms with E-state index in [-0.39, 0.29) is 18.6 Å². The van der Waals surface area contributed by atoms with Gasteiger partial charge >= 0.3 is 11.9 Å². The van der Waals surface area contributed by atoms with Crippen molar-refractivity contribution in [1.82, 2.24) is 0 Å². The van der Waals surface area contributed by atoms with E-state index in [1.165, 1.54) is 19.3 Å². The van der Waals surface area contributed by atoms with Gasteiger partial charge in [0.15, 0.2) is 5.78 Å². The second-order valence-corrected chi connectivity index (χ2v) is 9.79. The van der Waals surface area contributed by atoms with Crippen molar-refractivity contribution in [1.29, 1.82) is 0 Å². The molecule has 0 amide bonds. The zero-order chi connectivity index (χ0) is 26.7. The largest absolute Gasteiger partial charge is 0.481 e. The average Bonchev–Trinajstić information content (AvgIpc) is 2.86. The van der Waals surface area contributed by atoms with Crippen LogP contribution in [0.25, 0.3) is 0 Å². The van der Waals surface area contributed by atoms with Gasteiger partial charge in [0.05, 0.1) is 12.3 Å². The van der Waals surface area contributed by atoms with Gasteiger partial charge in [-0.25, -0.2) is 0 Å². The molecule has 0 aliphatic heterocycles. The number of nitrogens with one attached hydrogen (secondary N) is 1. The Balaban J connectivity index is 0.000000261. The Morgan fingerprint density at radius 3 is 2.19 bits per heavy atom. The van der Waals surface area contributed by atoms with Gasteiger partial charge in [-0.2, -0.15) is 0 Å². The van der Waals surface area contributed by atoms with Crippen LogP contribution in [0.2, 0.25) is 5.02 Å². The minimum Gasteiger partial charge on any atom is -0.481 e. The normalized spacial score (nSPS) is 14.2. The predicted molar refractivity (Wildman–Crippen MR) is 144 cm³/mol. The average molecular weight is 514 g/mol. The van der Waals surface area contributed by atoms with Crippen LogP contribution in [0, 0.1) is 0 Å². The minimum atomic E-state index is -0.955. The molecule has 1 aliphatic carbocycles. The highest BCUT2D eigenvalue weighted by molar-refractivity contribution is 6.31. The number of rotatable bonds is 10. The maximum absolute atomic E-state index is 11.9. The van der Waals surface area contributed by atoms with E-state index in [9.17, 15) is 14.4 Å². The Kier molecular flexibility index (Phi) is 11.7. The number of halogens is 1. The van der Waals surface area contributed by atoms with Crippen molar-refractivity contribution in [3.63, 3.8) is 0 Å². The van der Waals surface area contributed by atoms with Crippen molar-refractivity contribution in [2.24, 2.45) is 0 Å². The molecule has 0 bridgehead atoms. The molecule has 194 valence electrons. The van der Waals surface area contributed by atoms with Crippen LogP contribution in [0.15, 0.2) is 54.6 Å². The summed E-state index contributed by atoms with van der Waals surface area (Å²) in [6.45, 7) is 8.16. The van der Waals surface area contributed by atoms with E-state index in [2.05, 4.69) is 11.9 Å². The zero-order valence-corrected chi connectivity index (χ0v) is 21.8. The lowest BCUT2D eigenvalue weighted by Crippen LogP contribution is -2.07. The molecule has 1 fully saturated rings. The first-order chi connectivity index (χ1) is 17.1. The van der Waals surface area contributed by atoms with Crippen molar-refractivity contribution in [3.05, 3.63) is 76.3 Å². The first-order valence-corrected chi connectivity index (χ1v) is 12.7. The summed E-state index contributed by atoms with van der Waals surface area (Å²) in [4.78, 5) is 33.1. The molecular weight excluding hydrogens is 478 g/mol. The van der Waals surface area contributed by atoms with E-state index in [4.69, 9.17) is 21.8 Å². The number of carbonyl (C=O) groups is 3. The Bertz CT molecular complexity index is 1060. The maximum atomic E-state index is 11.9.